The second-order valence-corrected chi connectivity index (χ2v) is 7.43. The Labute approximate surface area is 194 Å². The van der Waals surface area contributed by atoms with Gasteiger partial charge in [0.1, 0.15) is 0 Å². The van der Waals surface area contributed by atoms with Crippen LogP contribution in [0.5, 0.6) is 0 Å². The molecule has 7 heteroatoms. The average Bonchev–Trinajstić information content (AvgIpc) is 2.63. The molecule has 5 nitrogen and oxygen atoms in total. The second-order valence-electron chi connectivity index (χ2n) is 7.00. The third-order valence-corrected chi connectivity index (χ3v) is 5.02. The Kier molecular flexibility index (Phi) is 9.73. The first-order valence-corrected chi connectivity index (χ1v) is 10.2. The lowest BCUT2D eigenvalue weighted by atomic mass is 9.85. The molecule has 0 aromatic heterocycles. The van der Waals surface area contributed by atoms with Gasteiger partial charge in [0.05, 0.1) is 6.54 Å². The van der Waals surface area contributed by atoms with Crippen molar-refractivity contribution in [3.63, 3.8) is 0 Å². The zero-order valence-corrected chi connectivity index (χ0v) is 19.7. The molecular formula is C22H28ClIN4O. The zero-order chi connectivity index (χ0) is 19.8. The number of halogens is 2. The molecule has 3 rings (SSSR count). The minimum absolute atomic E-state index is 0. The van der Waals surface area contributed by atoms with Gasteiger partial charge in [0.15, 0.2) is 5.96 Å². The lowest BCUT2D eigenvalue weighted by Crippen LogP contribution is -2.36. The van der Waals surface area contributed by atoms with E-state index >= 15 is 0 Å². The van der Waals surface area contributed by atoms with Crippen molar-refractivity contribution in [1.29, 1.82) is 0 Å². The molecule has 156 valence electrons. The summed E-state index contributed by atoms with van der Waals surface area (Å²) in [5.74, 6) is 1.06. The number of rotatable bonds is 7. The maximum atomic E-state index is 12.1. The summed E-state index contributed by atoms with van der Waals surface area (Å²) in [6, 6.07) is 15.6. The van der Waals surface area contributed by atoms with Gasteiger partial charge in [0, 0.05) is 29.7 Å². The number of carbonyl (C=O) groups is 1. The van der Waals surface area contributed by atoms with Gasteiger partial charge in [0.2, 0.25) is 5.91 Å². The average molecular weight is 527 g/mol. The number of anilines is 1. The molecule has 0 spiro atoms. The molecule has 0 atom stereocenters. The molecule has 1 saturated carbocycles. The number of nitrogens with one attached hydrogen (secondary N) is 3. The maximum Gasteiger partial charge on any atom is 0.227 e. The van der Waals surface area contributed by atoms with Crippen LogP contribution in [0.1, 0.15) is 37.3 Å². The van der Waals surface area contributed by atoms with Crippen LogP contribution in [-0.4, -0.2) is 18.4 Å². The van der Waals surface area contributed by atoms with Crippen LogP contribution in [-0.2, 0) is 17.9 Å². The predicted octanol–water partition coefficient (Wildman–Crippen LogP) is 4.95. The van der Waals surface area contributed by atoms with E-state index in [4.69, 9.17) is 11.6 Å². The molecule has 1 aliphatic carbocycles. The molecule has 2 aromatic rings. The Morgan fingerprint density at radius 2 is 1.86 bits per heavy atom. The third-order valence-electron chi connectivity index (χ3n) is 4.78. The van der Waals surface area contributed by atoms with E-state index in [-0.39, 0.29) is 35.8 Å². The van der Waals surface area contributed by atoms with Crippen LogP contribution >= 0.6 is 35.6 Å². The first-order valence-electron chi connectivity index (χ1n) is 9.80. The van der Waals surface area contributed by atoms with Crippen molar-refractivity contribution < 1.29 is 4.79 Å². The van der Waals surface area contributed by atoms with E-state index in [2.05, 4.69) is 20.9 Å². The van der Waals surface area contributed by atoms with Crippen molar-refractivity contribution in [3.8, 4) is 0 Å². The highest BCUT2D eigenvalue weighted by Gasteiger charge is 2.25. The monoisotopic (exact) mass is 526 g/mol. The Hall–Kier alpha value is -1.80. The normalized spacial score (nSPS) is 13.8. The number of hydrogen-bond acceptors (Lipinski definition) is 2. The highest BCUT2D eigenvalue weighted by molar-refractivity contribution is 14.0. The fraction of sp³-hybridized carbons (Fsp3) is 0.364. The van der Waals surface area contributed by atoms with Crippen LogP contribution in [0.2, 0.25) is 5.02 Å². The Bertz CT molecular complexity index is 839. The molecule has 1 amide bonds. The summed E-state index contributed by atoms with van der Waals surface area (Å²) in [6.07, 6.45) is 3.16. The standard InChI is InChI=1S/C22H27ClN4O.HI/c1-2-24-22(25-14-16-6-3-10-19(23)12-16)26-15-17-7-4-11-20(13-17)27-21(28)18-8-5-9-18;/h3-4,6-7,10-13,18H,2,5,8-9,14-15H2,1H3,(H,27,28)(H2,24,25,26);1H. The van der Waals surface area contributed by atoms with Gasteiger partial charge in [-0.05, 0) is 55.2 Å². The van der Waals surface area contributed by atoms with Gasteiger partial charge in [-0.3, -0.25) is 4.79 Å². The minimum atomic E-state index is 0. The number of amides is 1. The van der Waals surface area contributed by atoms with Gasteiger partial charge < -0.3 is 16.0 Å². The highest BCUT2D eigenvalue weighted by atomic mass is 127. The lowest BCUT2D eigenvalue weighted by Gasteiger charge is -2.24. The number of nitrogens with zero attached hydrogens (tertiary/aromatic N) is 1. The fourth-order valence-electron chi connectivity index (χ4n) is 3.01. The van der Waals surface area contributed by atoms with Gasteiger partial charge >= 0.3 is 0 Å². The first-order chi connectivity index (χ1) is 13.6. The number of benzene rings is 2. The maximum absolute atomic E-state index is 12.1. The predicted molar refractivity (Wildman–Crippen MR) is 131 cm³/mol. The van der Waals surface area contributed by atoms with E-state index in [0.717, 1.165) is 48.6 Å². The van der Waals surface area contributed by atoms with E-state index in [1.165, 1.54) is 0 Å². The zero-order valence-electron chi connectivity index (χ0n) is 16.6. The summed E-state index contributed by atoms with van der Waals surface area (Å²) < 4.78 is 0. The molecule has 0 heterocycles. The summed E-state index contributed by atoms with van der Waals surface area (Å²) in [6.45, 7) is 3.98. The Balaban J connectivity index is 0.00000300. The van der Waals surface area contributed by atoms with Crippen LogP contribution in [0.15, 0.2) is 53.5 Å². The van der Waals surface area contributed by atoms with E-state index in [1.54, 1.807) is 0 Å². The molecule has 1 fully saturated rings. The molecule has 0 saturated heterocycles. The molecule has 1 aliphatic rings. The quantitative estimate of drug-likeness (QED) is 0.272. The smallest absolute Gasteiger partial charge is 0.227 e. The highest BCUT2D eigenvalue weighted by Crippen LogP contribution is 2.27. The van der Waals surface area contributed by atoms with Crippen molar-refractivity contribution in [2.75, 3.05) is 11.9 Å². The van der Waals surface area contributed by atoms with E-state index in [0.29, 0.717) is 18.1 Å². The van der Waals surface area contributed by atoms with Crippen molar-refractivity contribution in [3.05, 3.63) is 64.7 Å². The fourth-order valence-corrected chi connectivity index (χ4v) is 3.22. The van der Waals surface area contributed by atoms with Crippen molar-refractivity contribution in [1.82, 2.24) is 10.6 Å². The first kappa shape index (κ1) is 23.5. The van der Waals surface area contributed by atoms with E-state index < -0.39 is 0 Å². The molecule has 0 radical (unpaired) electrons. The van der Waals surface area contributed by atoms with Crippen molar-refractivity contribution in [2.45, 2.75) is 39.3 Å². The van der Waals surface area contributed by atoms with E-state index in [9.17, 15) is 4.79 Å². The van der Waals surface area contributed by atoms with Crippen LogP contribution in [0.4, 0.5) is 5.69 Å². The summed E-state index contributed by atoms with van der Waals surface area (Å²) in [7, 11) is 0. The van der Waals surface area contributed by atoms with Crippen molar-refractivity contribution in [2.24, 2.45) is 10.9 Å². The number of guanidine groups is 1. The van der Waals surface area contributed by atoms with Crippen LogP contribution in [0.3, 0.4) is 0 Å². The summed E-state index contributed by atoms with van der Waals surface area (Å²) in [4.78, 5) is 16.8. The van der Waals surface area contributed by atoms with Gasteiger partial charge in [-0.2, -0.15) is 0 Å². The molecule has 29 heavy (non-hydrogen) atoms. The van der Waals surface area contributed by atoms with Gasteiger partial charge in [-0.25, -0.2) is 4.99 Å². The third kappa shape index (κ3) is 7.51. The minimum Gasteiger partial charge on any atom is -0.357 e. The molecule has 0 bridgehead atoms. The molecule has 0 aliphatic heterocycles. The van der Waals surface area contributed by atoms with Crippen LogP contribution in [0, 0.1) is 5.92 Å². The number of carbonyl (C=O) groups excluding carboxylic acids is 1. The van der Waals surface area contributed by atoms with Crippen molar-refractivity contribution >= 4 is 53.1 Å². The second kappa shape index (κ2) is 12.0. The van der Waals surface area contributed by atoms with Crippen LogP contribution in [0.25, 0.3) is 0 Å². The molecule has 0 unspecified atom stereocenters. The molecule has 3 N–H and O–H groups in total. The van der Waals surface area contributed by atoms with Gasteiger partial charge in [0.25, 0.3) is 0 Å². The SMILES string of the molecule is CCNC(=NCc1cccc(Cl)c1)NCc1cccc(NC(=O)C2CCC2)c1.I. The Morgan fingerprint density at radius 3 is 2.55 bits per heavy atom. The summed E-state index contributed by atoms with van der Waals surface area (Å²) >= 11 is 6.04. The number of hydrogen-bond donors (Lipinski definition) is 3. The summed E-state index contributed by atoms with van der Waals surface area (Å²) in [5.41, 5.74) is 2.99. The van der Waals surface area contributed by atoms with Gasteiger partial charge in [-0.15, -0.1) is 24.0 Å². The van der Waals surface area contributed by atoms with Crippen LogP contribution < -0.4 is 16.0 Å². The number of aliphatic imine (C=N–C) groups is 1. The summed E-state index contributed by atoms with van der Waals surface area (Å²) in [5, 5.41) is 10.3. The van der Waals surface area contributed by atoms with E-state index in [1.807, 2.05) is 55.5 Å². The van der Waals surface area contributed by atoms with Gasteiger partial charge in [-0.1, -0.05) is 42.3 Å². The molecule has 2 aromatic carbocycles. The molecular weight excluding hydrogens is 499 g/mol. The largest absolute Gasteiger partial charge is 0.357 e. The topological polar surface area (TPSA) is 65.5 Å². The Morgan fingerprint density at radius 1 is 1.10 bits per heavy atom. The lowest BCUT2D eigenvalue weighted by molar-refractivity contribution is -0.122.